The number of nitrogens with one attached hydrogen (secondary N) is 1. The summed E-state index contributed by atoms with van der Waals surface area (Å²) in [6.07, 6.45) is 1.77. The van der Waals surface area contributed by atoms with Crippen LogP contribution in [0.5, 0.6) is 0 Å². The molecule has 0 radical (unpaired) electrons. The first-order valence-corrected chi connectivity index (χ1v) is 8.35. The smallest absolute Gasteiger partial charge is 0.244 e. The molecule has 3 N–H and O–H groups in total. The SMILES string of the molecule is CC(N)(C(=O)NCCCCOCc1ccccc1)c1ccccc1. The summed E-state index contributed by atoms with van der Waals surface area (Å²) in [6.45, 7) is 3.65. The summed E-state index contributed by atoms with van der Waals surface area (Å²) in [5.74, 6) is -0.154. The van der Waals surface area contributed by atoms with Crippen molar-refractivity contribution in [3.05, 3.63) is 71.8 Å². The zero-order valence-electron chi connectivity index (χ0n) is 14.2. The summed E-state index contributed by atoms with van der Waals surface area (Å²) in [7, 11) is 0. The highest BCUT2D eigenvalue weighted by atomic mass is 16.5. The van der Waals surface area contributed by atoms with Gasteiger partial charge in [-0.3, -0.25) is 4.79 Å². The summed E-state index contributed by atoms with van der Waals surface area (Å²) >= 11 is 0. The molecule has 4 nitrogen and oxygen atoms in total. The van der Waals surface area contributed by atoms with Crippen LogP contribution in [0.4, 0.5) is 0 Å². The van der Waals surface area contributed by atoms with Gasteiger partial charge in [0.05, 0.1) is 6.61 Å². The minimum atomic E-state index is -1.01. The lowest BCUT2D eigenvalue weighted by Crippen LogP contribution is -2.49. The Labute approximate surface area is 144 Å². The molecule has 1 unspecified atom stereocenters. The third-order valence-electron chi connectivity index (χ3n) is 3.96. The number of carbonyl (C=O) groups is 1. The molecule has 2 rings (SSSR count). The highest BCUT2D eigenvalue weighted by molar-refractivity contribution is 5.86. The molecule has 1 amide bonds. The molecule has 0 spiro atoms. The Bertz CT molecular complexity index is 612. The van der Waals surface area contributed by atoms with Crippen LogP contribution in [0, 0.1) is 0 Å². The molecular formula is C20H26N2O2. The maximum Gasteiger partial charge on any atom is 0.244 e. The monoisotopic (exact) mass is 326 g/mol. The first kappa shape index (κ1) is 18.2. The summed E-state index contributed by atoms with van der Waals surface area (Å²) in [4.78, 5) is 12.3. The van der Waals surface area contributed by atoms with Crippen LogP contribution < -0.4 is 11.1 Å². The quantitative estimate of drug-likeness (QED) is 0.696. The number of hydrogen-bond donors (Lipinski definition) is 2. The molecule has 0 bridgehead atoms. The van der Waals surface area contributed by atoms with Crippen LogP contribution in [0.1, 0.15) is 30.9 Å². The van der Waals surface area contributed by atoms with Crippen LogP contribution in [-0.2, 0) is 21.7 Å². The molecule has 0 heterocycles. The van der Waals surface area contributed by atoms with Crippen molar-refractivity contribution in [3.63, 3.8) is 0 Å². The third kappa shape index (κ3) is 5.48. The number of rotatable bonds is 9. The standard InChI is InChI=1S/C20H26N2O2/c1-20(21,18-12-6-3-7-13-18)19(23)22-14-8-9-15-24-16-17-10-4-2-5-11-17/h2-7,10-13H,8-9,14-16,21H2,1H3,(H,22,23). The molecule has 0 aromatic heterocycles. The van der Waals surface area contributed by atoms with Crippen LogP contribution in [0.2, 0.25) is 0 Å². The van der Waals surface area contributed by atoms with Crippen LogP contribution in [0.15, 0.2) is 60.7 Å². The van der Waals surface area contributed by atoms with E-state index in [9.17, 15) is 4.79 Å². The highest BCUT2D eigenvalue weighted by Crippen LogP contribution is 2.17. The Morgan fingerprint density at radius 3 is 2.33 bits per heavy atom. The molecule has 0 saturated carbocycles. The number of hydrogen-bond acceptors (Lipinski definition) is 3. The predicted octanol–water partition coefficient (Wildman–Crippen LogP) is 2.97. The minimum Gasteiger partial charge on any atom is -0.377 e. The molecule has 128 valence electrons. The van der Waals surface area contributed by atoms with E-state index in [4.69, 9.17) is 10.5 Å². The number of nitrogens with two attached hydrogens (primary N) is 1. The van der Waals surface area contributed by atoms with Gasteiger partial charge in [-0.05, 0) is 30.9 Å². The third-order valence-corrected chi connectivity index (χ3v) is 3.96. The van der Waals surface area contributed by atoms with Gasteiger partial charge in [0.1, 0.15) is 5.54 Å². The van der Waals surface area contributed by atoms with E-state index in [0.29, 0.717) is 19.8 Å². The average Bonchev–Trinajstić information content (AvgIpc) is 2.62. The Morgan fingerprint density at radius 2 is 1.67 bits per heavy atom. The van der Waals surface area contributed by atoms with Crippen molar-refractivity contribution < 1.29 is 9.53 Å². The van der Waals surface area contributed by atoms with Gasteiger partial charge < -0.3 is 15.8 Å². The van der Waals surface area contributed by atoms with E-state index in [1.807, 2.05) is 60.7 Å². The zero-order chi connectivity index (χ0) is 17.3. The zero-order valence-corrected chi connectivity index (χ0v) is 14.2. The van der Waals surface area contributed by atoms with E-state index in [-0.39, 0.29) is 5.91 Å². The van der Waals surface area contributed by atoms with Gasteiger partial charge in [0.15, 0.2) is 0 Å². The predicted molar refractivity (Wildman–Crippen MR) is 96.3 cm³/mol. The molecule has 0 aliphatic carbocycles. The van der Waals surface area contributed by atoms with E-state index in [1.54, 1.807) is 6.92 Å². The molecule has 0 aliphatic rings. The van der Waals surface area contributed by atoms with Crippen molar-refractivity contribution in [2.75, 3.05) is 13.2 Å². The fraction of sp³-hybridized carbons (Fsp3) is 0.350. The molecular weight excluding hydrogens is 300 g/mol. The van der Waals surface area contributed by atoms with Crippen LogP contribution in [0.25, 0.3) is 0 Å². The van der Waals surface area contributed by atoms with Crippen LogP contribution in [0.3, 0.4) is 0 Å². The number of carbonyl (C=O) groups excluding carboxylic acids is 1. The van der Waals surface area contributed by atoms with Gasteiger partial charge in [-0.1, -0.05) is 60.7 Å². The minimum absolute atomic E-state index is 0.154. The molecule has 4 heteroatoms. The molecule has 0 aliphatic heterocycles. The van der Waals surface area contributed by atoms with E-state index >= 15 is 0 Å². The van der Waals surface area contributed by atoms with Gasteiger partial charge in [0.2, 0.25) is 5.91 Å². The summed E-state index contributed by atoms with van der Waals surface area (Å²) in [5, 5.41) is 2.91. The first-order chi connectivity index (χ1) is 11.6. The van der Waals surface area contributed by atoms with Crippen LogP contribution >= 0.6 is 0 Å². The Balaban J connectivity index is 1.61. The van der Waals surface area contributed by atoms with Crippen molar-refractivity contribution in [2.24, 2.45) is 5.73 Å². The highest BCUT2D eigenvalue weighted by Gasteiger charge is 2.29. The number of unbranched alkanes of at least 4 members (excludes halogenated alkanes) is 1. The van der Waals surface area contributed by atoms with Gasteiger partial charge in [-0.25, -0.2) is 0 Å². The van der Waals surface area contributed by atoms with E-state index < -0.39 is 5.54 Å². The second kappa shape index (κ2) is 9.21. The first-order valence-electron chi connectivity index (χ1n) is 8.35. The lowest BCUT2D eigenvalue weighted by molar-refractivity contribution is -0.126. The largest absolute Gasteiger partial charge is 0.377 e. The Kier molecular flexibility index (Phi) is 6.97. The van der Waals surface area contributed by atoms with E-state index in [1.165, 1.54) is 5.56 Å². The summed E-state index contributed by atoms with van der Waals surface area (Å²) < 4.78 is 5.63. The van der Waals surface area contributed by atoms with Crippen molar-refractivity contribution >= 4 is 5.91 Å². The number of ether oxygens (including phenoxy) is 1. The van der Waals surface area contributed by atoms with Gasteiger partial charge in [0, 0.05) is 13.2 Å². The summed E-state index contributed by atoms with van der Waals surface area (Å²) in [6, 6.07) is 19.5. The fourth-order valence-electron chi connectivity index (χ4n) is 2.39. The van der Waals surface area contributed by atoms with Crippen molar-refractivity contribution in [3.8, 4) is 0 Å². The molecule has 1 atom stereocenters. The van der Waals surface area contributed by atoms with Gasteiger partial charge in [-0.15, -0.1) is 0 Å². The summed E-state index contributed by atoms with van der Waals surface area (Å²) in [5.41, 5.74) is 7.15. The van der Waals surface area contributed by atoms with Crippen molar-refractivity contribution in [2.45, 2.75) is 31.9 Å². The molecule has 2 aromatic carbocycles. The Hall–Kier alpha value is -2.17. The second-order valence-corrected chi connectivity index (χ2v) is 6.07. The van der Waals surface area contributed by atoms with Crippen molar-refractivity contribution in [1.82, 2.24) is 5.32 Å². The maximum atomic E-state index is 12.3. The lowest BCUT2D eigenvalue weighted by Gasteiger charge is -2.24. The van der Waals surface area contributed by atoms with Gasteiger partial charge in [-0.2, -0.15) is 0 Å². The molecule has 24 heavy (non-hydrogen) atoms. The lowest BCUT2D eigenvalue weighted by atomic mass is 9.92. The normalized spacial score (nSPS) is 13.2. The van der Waals surface area contributed by atoms with Crippen LogP contribution in [-0.4, -0.2) is 19.1 Å². The van der Waals surface area contributed by atoms with Gasteiger partial charge >= 0.3 is 0 Å². The Morgan fingerprint density at radius 1 is 1.04 bits per heavy atom. The second-order valence-electron chi connectivity index (χ2n) is 6.07. The molecule has 2 aromatic rings. The van der Waals surface area contributed by atoms with Gasteiger partial charge in [0.25, 0.3) is 0 Å². The average molecular weight is 326 g/mol. The van der Waals surface area contributed by atoms with E-state index in [0.717, 1.165) is 18.4 Å². The fourth-order valence-corrected chi connectivity index (χ4v) is 2.39. The molecule has 0 fully saturated rings. The van der Waals surface area contributed by atoms with Crippen molar-refractivity contribution in [1.29, 1.82) is 0 Å². The number of amides is 1. The number of benzene rings is 2. The topological polar surface area (TPSA) is 64.4 Å². The molecule has 0 saturated heterocycles. The van der Waals surface area contributed by atoms with E-state index in [2.05, 4.69) is 5.32 Å². The maximum absolute atomic E-state index is 12.3.